The highest BCUT2D eigenvalue weighted by Gasteiger charge is 2.33. The molecule has 6 heteroatoms. The van der Waals surface area contributed by atoms with Crippen LogP contribution in [0.5, 0.6) is 5.75 Å². The fraction of sp³-hybridized carbons (Fsp3) is 0.214. The first-order chi connectivity index (χ1) is 9.58. The van der Waals surface area contributed by atoms with Gasteiger partial charge < -0.3 is 14.2 Å². The van der Waals surface area contributed by atoms with Crippen LogP contribution in [0.2, 0.25) is 0 Å². The van der Waals surface area contributed by atoms with Crippen molar-refractivity contribution in [2.45, 2.75) is 0 Å². The highest BCUT2D eigenvalue weighted by molar-refractivity contribution is 6.13. The Balaban J connectivity index is 2.33. The predicted molar refractivity (Wildman–Crippen MR) is 67.0 cm³/mol. The maximum absolute atomic E-state index is 12.1. The van der Waals surface area contributed by atoms with Crippen molar-refractivity contribution in [2.24, 2.45) is 5.92 Å². The summed E-state index contributed by atoms with van der Waals surface area (Å²) in [5.74, 6) is -3.07. The lowest BCUT2D eigenvalue weighted by Crippen LogP contribution is -2.25. The summed E-state index contributed by atoms with van der Waals surface area (Å²) in [5.41, 5.74) is 0.382. The highest BCUT2D eigenvalue weighted by Crippen LogP contribution is 2.31. The van der Waals surface area contributed by atoms with E-state index in [1.807, 2.05) is 0 Å². The van der Waals surface area contributed by atoms with Crippen molar-refractivity contribution in [3.05, 3.63) is 41.7 Å². The zero-order valence-corrected chi connectivity index (χ0v) is 10.9. The van der Waals surface area contributed by atoms with Crippen molar-refractivity contribution in [1.29, 1.82) is 0 Å². The molecule has 0 fully saturated rings. The molecule has 6 nitrogen and oxygen atoms in total. The molecule has 2 rings (SSSR count). The molecule has 1 aliphatic heterocycles. The predicted octanol–water partition coefficient (Wildman–Crippen LogP) is 1.11. The van der Waals surface area contributed by atoms with Gasteiger partial charge in [-0.1, -0.05) is 12.1 Å². The number of benzene rings is 1. The van der Waals surface area contributed by atoms with E-state index in [1.54, 1.807) is 24.3 Å². The third-order valence-corrected chi connectivity index (χ3v) is 2.80. The van der Waals surface area contributed by atoms with Gasteiger partial charge in [-0.3, -0.25) is 14.4 Å². The summed E-state index contributed by atoms with van der Waals surface area (Å²) in [4.78, 5) is 35.1. The quantitative estimate of drug-likeness (QED) is 0.467. The first-order valence-electron chi connectivity index (χ1n) is 5.77. The molecule has 0 radical (unpaired) electrons. The standard InChI is InChI=1S/C14H12O6/c1-18-13(16)9(14(17)19-2)7-11-12(15)8-5-3-4-6-10(8)20-11/h3-7,9H,1-2H3/b11-7-. The van der Waals surface area contributed by atoms with E-state index in [9.17, 15) is 14.4 Å². The summed E-state index contributed by atoms with van der Waals surface area (Å²) in [6, 6.07) is 6.64. The minimum atomic E-state index is -1.33. The van der Waals surface area contributed by atoms with Gasteiger partial charge in [0.15, 0.2) is 11.7 Å². The number of para-hydroxylation sites is 1. The first-order valence-corrected chi connectivity index (χ1v) is 5.77. The molecule has 0 amide bonds. The van der Waals surface area contributed by atoms with Gasteiger partial charge in [0.2, 0.25) is 5.78 Å². The van der Waals surface area contributed by atoms with Gasteiger partial charge in [-0.25, -0.2) is 0 Å². The number of hydrogen-bond donors (Lipinski definition) is 0. The molecule has 1 heterocycles. The molecule has 1 aromatic rings. The van der Waals surface area contributed by atoms with E-state index in [-0.39, 0.29) is 5.76 Å². The molecule has 0 aromatic heterocycles. The Bertz CT molecular complexity index is 585. The van der Waals surface area contributed by atoms with Gasteiger partial charge in [-0.15, -0.1) is 0 Å². The summed E-state index contributed by atoms with van der Waals surface area (Å²) in [5, 5.41) is 0. The number of ketones is 1. The lowest BCUT2D eigenvalue weighted by molar-refractivity contribution is -0.156. The summed E-state index contributed by atoms with van der Waals surface area (Å²) in [7, 11) is 2.28. The van der Waals surface area contributed by atoms with Gasteiger partial charge in [0.1, 0.15) is 5.75 Å². The van der Waals surface area contributed by atoms with Crippen molar-refractivity contribution in [1.82, 2.24) is 0 Å². The Morgan fingerprint density at radius 1 is 1.15 bits per heavy atom. The van der Waals surface area contributed by atoms with E-state index in [4.69, 9.17) is 4.74 Å². The van der Waals surface area contributed by atoms with Crippen LogP contribution < -0.4 is 4.74 Å². The van der Waals surface area contributed by atoms with Crippen LogP contribution in [0.25, 0.3) is 0 Å². The fourth-order valence-corrected chi connectivity index (χ4v) is 1.79. The zero-order valence-electron chi connectivity index (χ0n) is 10.9. The summed E-state index contributed by atoms with van der Waals surface area (Å²) >= 11 is 0. The monoisotopic (exact) mass is 276 g/mol. The van der Waals surface area contributed by atoms with Gasteiger partial charge in [0.05, 0.1) is 19.8 Å². The normalized spacial score (nSPS) is 14.9. The van der Waals surface area contributed by atoms with Gasteiger partial charge in [-0.2, -0.15) is 0 Å². The van der Waals surface area contributed by atoms with Crippen molar-refractivity contribution in [3.8, 4) is 5.75 Å². The van der Waals surface area contributed by atoms with Crippen molar-refractivity contribution < 1.29 is 28.6 Å². The van der Waals surface area contributed by atoms with Gasteiger partial charge in [0, 0.05) is 0 Å². The van der Waals surface area contributed by atoms with Crippen LogP contribution in [0, 0.1) is 5.92 Å². The van der Waals surface area contributed by atoms with Gasteiger partial charge in [-0.05, 0) is 18.2 Å². The minimum absolute atomic E-state index is 0.0907. The number of ether oxygens (including phenoxy) is 3. The van der Waals surface area contributed by atoms with E-state index in [2.05, 4.69) is 9.47 Å². The molecule has 1 aromatic carbocycles. The summed E-state index contributed by atoms with van der Waals surface area (Å²) in [6.45, 7) is 0. The van der Waals surface area contributed by atoms with E-state index >= 15 is 0 Å². The third kappa shape index (κ3) is 2.40. The van der Waals surface area contributed by atoms with E-state index in [1.165, 1.54) is 0 Å². The number of methoxy groups -OCH3 is 2. The van der Waals surface area contributed by atoms with Crippen LogP contribution in [-0.4, -0.2) is 31.9 Å². The van der Waals surface area contributed by atoms with E-state index < -0.39 is 23.6 Å². The summed E-state index contributed by atoms with van der Waals surface area (Å²) < 4.78 is 14.3. The molecule has 104 valence electrons. The number of carbonyl (C=O) groups is 3. The van der Waals surface area contributed by atoms with Crippen LogP contribution in [0.15, 0.2) is 36.1 Å². The molecular formula is C14H12O6. The number of fused-ring (bicyclic) bond motifs is 1. The van der Waals surface area contributed by atoms with Crippen molar-refractivity contribution >= 4 is 17.7 Å². The summed E-state index contributed by atoms with van der Waals surface area (Å²) in [6.07, 6.45) is 1.11. The Labute approximate surface area is 114 Å². The Kier molecular flexibility index (Phi) is 3.84. The average Bonchev–Trinajstić information content (AvgIpc) is 2.80. The topological polar surface area (TPSA) is 78.9 Å². The zero-order chi connectivity index (χ0) is 14.7. The minimum Gasteiger partial charge on any atom is -0.468 e. The van der Waals surface area contributed by atoms with Gasteiger partial charge >= 0.3 is 11.9 Å². The number of Topliss-reactive ketones (excluding diaryl/α,β-unsaturated/α-hetero) is 1. The average molecular weight is 276 g/mol. The van der Waals surface area contributed by atoms with Crippen LogP contribution in [0.4, 0.5) is 0 Å². The highest BCUT2D eigenvalue weighted by atomic mass is 16.5. The maximum atomic E-state index is 12.1. The first kappa shape index (κ1) is 13.8. The molecule has 0 unspecified atom stereocenters. The number of esters is 2. The molecule has 20 heavy (non-hydrogen) atoms. The van der Waals surface area contributed by atoms with Crippen LogP contribution in [-0.2, 0) is 19.1 Å². The lowest BCUT2D eigenvalue weighted by atomic mass is 10.1. The molecule has 0 saturated carbocycles. The Morgan fingerprint density at radius 3 is 2.30 bits per heavy atom. The molecular weight excluding hydrogens is 264 g/mol. The second kappa shape index (κ2) is 5.56. The fourth-order valence-electron chi connectivity index (χ4n) is 1.79. The second-order valence-corrected chi connectivity index (χ2v) is 3.98. The lowest BCUT2D eigenvalue weighted by Gasteiger charge is -2.08. The van der Waals surface area contributed by atoms with Crippen molar-refractivity contribution in [3.63, 3.8) is 0 Å². The van der Waals surface area contributed by atoms with E-state index in [0.717, 1.165) is 20.3 Å². The van der Waals surface area contributed by atoms with E-state index in [0.29, 0.717) is 11.3 Å². The SMILES string of the molecule is COC(=O)C(/C=C1\Oc2ccccc2C1=O)C(=O)OC. The van der Waals surface area contributed by atoms with Crippen LogP contribution in [0.3, 0.4) is 0 Å². The molecule has 0 N–H and O–H groups in total. The molecule has 1 aliphatic rings. The molecule has 0 spiro atoms. The third-order valence-electron chi connectivity index (χ3n) is 2.80. The number of allylic oxidation sites excluding steroid dienone is 1. The Hall–Kier alpha value is -2.63. The number of rotatable bonds is 3. The number of carbonyl (C=O) groups excluding carboxylic acids is 3. The van der Waals surface area contributed by atoms with Crippen LogP contribution >= 0.6 is 0 Å². The molecule has 0 bridgehead atoms. The second-order valence-electron chi connectivity index (χ2n) is 3.98. The van der Waals surface area contributed by atoms with Gasteiger partial charge in [0.25, 0.3) is 0 Å². The van der Waals surface area contributed by atoms with Crippen molar-refractivity contribution in [2.75, 3.05) is 14.2 Å². The molecule has 0 aliphatic carbocycles. The number of hydrogen-bond acceptors (Lipinski definition) is 6. The van der Waals surface area contributed by atoms with Crippen LogP contribution in [0.1, 0.15) is 10.4 Å². The Morgan fingerprint density at radius 2 is 1.75 bits per heavy atom. The largest absolute Gasteiger partial charge is 0.468 e. The molecule has 0 saturated heterocycles. The smallest absolute Gasteiger partial charge is 0.324 e. The molecule has 0 atom stereocenters. The maximum Gasteiger partial charge on any atom is 0.324 e.